The Labute approximate surface area is 176 Å². The Morgan fingerprint density at radius 3 is 2.33 bits per heavy atom. The first-order valence-corrected chi connectivity index (χ1v) is 9.44. The zero-order chi connectivity index (χ0) is 18.3. The lowest BCUT2D eigenvalue weighted by Gasteiger charge is -2.37. The predicted molar refractivity (Wildman–Crippen MR) is 117 cm³/mol. The smallest absolute Gasteiger partial charge is 0.227 e. The standard InChI is InChI=1S/C19H33N5O.2ClH/c1-4-19(5-2,15-20)18(25)22-16(3)14-23-10-12-24(13-11-23)17-8-6-7-9-21-17;;/h6-9,16H,4-5,10-15,20H2,1-3H3,(H,22,25);2*1H. The first kappa shape index (κ1) is 25.9. The van der Waals surface area contributed by atoms with Gasteiger partial charge >= 0.3 is 0 Å². The molecule has 1 aromatic rings. The van der Waals surface area contributed by atoms with Crippen LogP contribution in [0.25, 0.3) is 0 Å². The van der Waals surface area contributed by atoms with Crippen LogP contribution in [0.2, 0.25) is 0 Å². The van der Waals surface area contributed by atoms with E-state index in [0.29, 0.717) is 6.54 Å². The number of anilines is 1. The second-order valence-electron chi connectivity index (χ2n) is 7.04. The van der Waals surface area contributed by atoms with Crippen LogP contribution in [0.3, 0.4) is 0 Å². The summed E-state index contributed by atoms with van der Waals surface area (Å²) < 4.78 is 0. The van der Waals surface area contributed by atoms with Gasteiger partial charge in [0.15, 0.2) is 0 Å². The summed E-state index contributed by atoms with van der Waals surface area (Å²) in [5.41, 5.74) is 5.45. The Hall–Kier alpha value is -1.08. The zero-order valence-electron chi connectivity index (χ0n) is 16.7. The van der Waals surface area contributed by atoms with E-state index in [9.17, 15) is 4.79 Å². The highest BCUT2D eigenvalue weighted by atomic mass is 35.5. The fraction of sp³-hybridized carbons (Fsp3) is 0.684. The third kappa shape index (κ3) is 6.79. The maximum absolute atomic E-state index is 12.6. The molecule has 1 unspecified atom stereocenters. The molecule has 0 aromatic carbocycles. The van der Waals surface area contributed by atoms with Crippen molar-refractivity contribution in [3.05, 3.63) is 24.4 Å². The summed E-state index contributed by atoms with van der Waals surface area (Å²) >= 11 is 0. The van der Waals surface area contributed by atoms with Crippen molar-refractivity contribution in [2.24, 2.45) is 11.1 Å². The maximum Gasteiger partial charge on any atom is 0.227 e. The number of halogens is 2. The summed E-state index contributed by atoms with van der Waals surface area (Å²) in [6.07, 6.45) is 3.40. The van der Waals surface area contributed by atoms with E-state index < -0.39 is 5.41 Å². The van der Waals surface area contributed by atoms with Crippen LogP contribution < -0.4 is 16.0 Å². The number of rotatable bonds is 8. The highest BCUT2D eigenvalue weighted by Gasteiger charge is 2.34. The molecular weight excluding hydrogens is 385 g/mol. The van der Waals surface area contributed by atoms with Gasteiger partial charge in [-0.15, -0.1) is 24.8 Å². The van der Waals surface area contributed by atoms with E-state index in [-0.39, 0.29) is 36.8 Å². The molecule has 2 heterocycles. The molecule has 27 heavy (non-hydrogen) atoms. The summed E-state index contributed by atoms with van der Waals surface area (Å²) in [4.78, 5) is 21.8. The Morgan fingerprint density at radius 2 is 1.85 bits per heavy atom. The molecule has 1 aliphatic heterocycles. The quantitative estimate of drug-likeness (QED) is 0.675. The molecule has 1 amide bonds. The molecule has 0 radical (unpaired) electrons. The van der Waals surface area contributed by atoms with Gasteiger partial charge in [-0.1, -0.05) is 19.9 Å². The topological polar surface area (TPSA) is 74.5 Å². The lowest BCUT2D eigenvalue weighted by molar-refractivity contribution is -0.131. The highest BCUT2D eigenvalue weighted by Crippen LogP contribution is 2.25. The number of hydrogen-bond donors (Lipinski definition) is 2. The average Bonchev–Trinajstić information content (AvgIpc) is 2.65. The van der Waals surface area contributed by atoms with Gasteiger partial charge in [0.2, 0.25) is 5.91 Å². The van der Waals surface area contributed by atoms with Crippen LogP contribution in [0.5, 0.6) is 0 Å². The Kier molecular flexibility index (Phi) is 11.9. The summed E-state index contributed by atoms with van der Waals surface area (Å²) in [6, 6.07) is 6.15. The number of carbonyl (C=O) groups excluding carboxylic acids is 1. The van der Waals surface area contributed by atoms with E-state index in [1.165, 1.54) is 0 Å². The monoisotopic (exact) mass is 419 g/mol. The number of piperazine rings is 1. The van der Waals surface area contributed by atoms with E-state index in [0.717, 1.165) is 51.4 Å². The Bertz CT molecular complexity index is 526. The second kappa shape index (κ2) is 12.4. The van der Waals surface area contributed by atoms with Gasteiger partial charge in [0.05, 0.1) is 5.41 Å². The van der Waals surface area contributed by atoms with E-state index in [4.69, 9.17) is 5.73 Å². The van der Waals surface area contributed by atoms with Crippen LogP contribution in [0.4, 0.5) is 5.82 Å². The minimum absolute atomic E-state index is 0. The first-order valence-electron chi connectivity index (χ1n) is 9.44. The summed E-state index contributed by atoms with van der Waals surface area (Å²) in [7, 11) is 0. The molecule has 1 aliphatic rings. The summed E-state index contributed by atoms with van der Waals surface area (Å²) in [6.45, 7) is 11.3. The molecule has 3 N–H and O–H groups in total. The maximum atomic E-state index is 12.6. The molecule has 2 rings (SSSR count). The molecule has 1 saturated heterocycles. The number of carbonyl (C=O) groups is 1. The second-order valence-corrected chi connectivity index (χ2v) is 7.04. The number of nitrogens with two attached hydrogens (primary N) is 1. The fourth-order valence-corrected chi connectivity index (χ4v) is 3.46. The van der Waals surface area contributed by atoms with E-state index in [1.807, 2.05) is 32.2 Å². The van der Waals surface area contributed by atoms with Crippen LogP contribution in [0.1, 0.15) is 33.6 Å². The van der Waals surface area contributed by atoms with Crippen molar-refractivity contribution in [3.63, 3.8) is 0 Å². The van der Waals surface area contributed by atoms with Crippen molar-refractivity contribution >= 4 is 36.5 Å². The van der Waals surface area contributed by atoms with Gasteiger partial charge in [0.1, 0.15) is 5.82 Å². The Balaban J connectivity index is 0.00000338. The highest BCUT2D eigenvalue weighted by molar-refractivity contribution is 5.85. The van der Waals surface area contributed by atoms with Crippen LogP contribution in [-0.2, 0) is 4.79 Å². The van der Waals surface area contributed by atoms with E-state index >= 15 is 0 Å². The van der Waals surface area contributed by atoms with Crippen molar-refractivity contribution in [1.82, 2.24) is 15.2 Å². The normalized spacial score (nSPS) is 16.1. The van der Waals surface area contributed by atoms with Gasteiger partial charge in [0, 0.05) is 51.5 Å². The van der Waals surface area contributed by atoms with Crippen molar-refractivity contribution in [2.45, 2.75) is 39.7 Å². The third-order valence-corrected chi connectivity index (χ3v) is 5.48. The lowest BCUT2D eigenvalue weighted by atomic mass is 9.81. The number of nitrogens with one attached hydrogen (secondary N) is 1. The van der Waals surface area contributed by atoms with Gasteiger partial charge in [-0.25, -0.2) is 4.98 Å². The number of pyridine rings is 1. The van der Waals surface area contributed by atoms with Crippen LogP contribution in [-0.4, -0.2) is 61.1 Å². The largest absolute Gasteiger partial charge is 0.354 e. The molecule has 1 fully saturated rings. The van der Waals surface area contributed by atoms with Gasteiger partial charge in [-0.3, -0.25) is 9.69 Å². The van der Waals surface area contributed by atoms with E-state index in [1.54, 1.807) is 0 Å². The first-order chi connectivity index (χ1) is 12.0. The predicted octanol–water partition coefficient (Wildman–Crippen LogP) is 2.32. The third-order valence-electron chi connectivity index (χ3n) is 5.48. The molecule has 0 bridgehead atoms. The zero-order valence-corrected chi connectivity index (χ0v) is 18.3. The molecule has 156 valence electrons. The van der Waals surface area contributed by atoms with Gasteiger partial charge in [-0.2, -0.15) is 0 Å². The Morgan fingerprint density at radius 1 is 1.22 bits per heavy atom. The number of hydrogen-bond acceptors (Lipinski definition) is 5. The van der Waals surface area contributed by atoms with Crippen molar-refractivity contribution < 1.29 is 4.79 Å². The molecule has 1 atom stereocenters. The van der Waals surface area contributed by atoms with Crippen LogP contribution >= 0.6 is 24.8 Å². The molecule has 6 nitrogen and oxygen atoms in total. The summed E-state index contributed by atoms with van der Waals surface area (Å²) in [5.74, 6) is 1.14. The number of amides is 1. The summed E-state index contributed by atoms with van der Waals surface area (Å²) in [5, 5.41) is 3.18. The average molecular weight is 420 g/mol. The molecule has 0 aliphatic carbocycles. The fourth-order valence-electron chi connectivity index (χ4n) is 3.46. The van der Waals surface area contributed by atoms with Crippen molar-refractivity contribution in [1.29, 1.82) is 0 Å². The van der Waals surface area contributed by atoms with Gasteiger partial charge in [0.25, 0.3) is 0 Å². The van der Waals surface area contributed by atoms with Gasteiger partial charge < -0.3 is 16.0 Å². The van der Waals surface area contributed by atoms with E-state index in [2.05, 4.69) is 33.1 Å². The lowest BCUT2D eigenvalue weighted by Crippen LogP contribution is -2.53. The van der Waals surface area contributed by atoms with Gasteiger partial charge in [-0.05, 0) is 31.9 Å². The minimum Gasteiger partial charge on any atom is -0.354 e. The molecule has 8 heteroatoms. The minimum atomic E-state index is -0.425. The van der Waals surface area contributed by atoms with Crippen molar-refractivity contribution in [2.75, 3.05) is 44.2 Å². The molecule has 1 aromatic heterocycles. The van der Waals surface area contributed by atoms with Crippen LogP contribution in [0, 0.1) is 5.41 Å². The molecular formula is C19H35Cl2N5O. The number of nitrogens with zero attached hydrogens (tertiary/aromatic N) is 3. The number of aromatic nitrogens is 1. The van der Waals surface area contributed by atoms with Crippen LogP contribution in [0.15, 0.2) is 24.4 Å². The molecule has 0 spiro atoms. The van der Waals surface area contributed by atoms with Crippen molar-refractivity contribution in [3.8, 4) is 0 Å². The SMILES string of the molecule is CCC(CC)(CN)C(=O)NC(C)CN1CCN(c2ccccn2)CC1.Cl.Cl. The molecule has 0 saturated carbocycles.